The van der Waals surface area contributed by atoms with Crippen molar-refractivity contribution in [2.75, 3.05) is 25.5 Å². The molecule has 2 unspecified atom stereocenters. The van der Waals surface area contributed by atoms with E-state index in [1.807, 2.05) is 13.0 Å². The molecular formula is C21H28N8O. The molecule has 0 aliphatic carbocycles. The van der Waals surface area contributed by atoms with Crippen molar-refractivity contribution in [2.24, 2.45) is 0 Å². The Morgan fingerprint density at radius 3 is 2.83 bits per heavy atom. The van der Waals surface area contributed by atoms with Gasteiger partial charge in [0.2, 0.25) is 5.88 Å². The number of aromatic nitrogens is 4. The predicted octanol–water partition coefficient (Wildman–Crippen LogP) is 2.05. The van der Waals surface area contributed by atoms with Crippen molar-refractivity contribution in [3.8, 4) is 5.88 Å². The van der Waals surface area contributed by atoms with Crippen LogP contribution >= 0.6 is 0 Å². The Morgan fingerprint density at radius 1 is 1.13 bits per heavy atom. The van der Waals surface area contributed by atoms with Gasteiger partial charge in [-0.1, -0.05) is 6.07 Å². The van der Waals surface area contributed by atoms with Gasteiger partial charge in [0.15, 0.2) is 5.65 Å². The zero-order valence-electron chi connectivity index (χ0n) is 17.4. The minimum atomic E-state index is 0.0232. The van der Waals surface area contributed by atoms with Crippen molar-refractivity contribution in [1.82, 2.24) is 35.7 Å². The molecule has 5 rings (SSSR count). The van der Waals surface area contributed by atoms with Gasteiger partial charge in [-0.2, -0.15) is 0 Å². The minimum Gasteiger partial charge on any atom is -0.481 e. The lowest BCUT2D eigenvalue weighted by Crippen LogP contribution is -2.36. The van der Waals surface area contributed by atoms with Crippen LogP contribution in [0, 0.1) is 6.92 Å². The molecule has 5 heterocycles. The molecule has 2 aliphatic rings. The molecule has 4 N–H and O–H groups in total. The van der Waals surface area contributed by atoms with Crippen molar-refractivity contribution < 1.29 is 4.74 Å². The summed E-state index contributed by atoms with van der Waals surface area (Å²) < 4.78 is 7.75. The number of rotatable bonds is 5. The zero-order valence-corrected chi connectivity index (χ0v) is 17.4. The van der Waals surface area contributed by atoms with E-state index in [0.717, 1.165) is 60.6 Å². The van der Waals surface area contributed by atoms with Gasteiger partial charge in [-0.25, -0.2) is 25.8 Å². The van der Waals surface area contributed by atoms with Crippen LogP contribution in [0.4, 0.5) is 5.82 Å². The summed E-state index contributed by atoms with van der Waals surface area (Å²) in [6, 6.07) is 6.71. The molecule has 0 spiro atoms. The number of ether oxygens (including phenoxy) is 1. The summed E-state index contributed by atoms with van der Waals surface area (Å²) in [4.78, 5) is 14.0. The van der Waals surface area contributed by atoms with Gasteiger partial charge < -0.3 is 19.9 Å². The summed E-state index contributed by atoms with van der Waals surface area (Å²) in [5.41, 5.74) is 10.5. The molecule has 0 saturated carbocycles. The quantitative estimate of drug-likeness (QED) is 0.509. The lowest BCUT2D eigenvalue weighted by atomic mass is 10.1. The second-order valence-electron chi connectivity index (χ2n) is 7.99. The molecule has 158 valence electrons. The molecule has 3 aromatic rings. The van der Waals surface area contributed by atoms with Crippen LogP contribution in [0.3, 0.4) is 0 Å². The van der Waals surface area contributed by atoms with Crippen molar-refractivity contribution in [1.29, 1.82) is 0 Å². The van der Waals surface area contributed by atoms with E-state index in [-0.39, 0.29) is 12.2 Å². The lowest BCUT2D eigenvalue weighted by molar-refractivity contribution is 0.375. The van der Waals surface area contributed by atoms with Crippen molar-refractivity contribution in [3.63, 3.8) is 0 Å². The van der Waals surface area contributed by atoms with Crippen molar-refractivity contribution >= 4 is 17.0 Å². The second kappa shape index (κ2) is 8.17. The van der Waals surface area contributed by atoms with Crippen LogP contribution in [-0.2, 0) is 0 Å². The number of anilines is 1. The first-order valence-corrected chi connectivity index (χ1v) is 10.5. The molecule has 9 nitrogen and oxygen atoms in total. The fraction of sp³-hybridized carbons (Fsp3) is 0.476. The van der Waals surface area contributed by atoms with Crippen molar-refractivity contribution in [3.05, 3.63) is 41.9 Å². The number of methoxy groups -OCH3 is 1. The lowest BCUT2D eigenvalue weighted by Gasteiger charge is -2.24. The maximum absolute atomic E-state index is 5.47. The van der Waals surface area contributed by atoms with E-state index in [9.17, 15) is 0 Å². The summed E-state index contributed by atoms with van der Waals surface area (Å²) in [7, 11) is 1.66. The third-order valence-corrected chi connectivity index (χ3v) is 5.94. The first-order chi connectivity index (χ1) is 14.7. The van der Waals surface area contributed by atoms with E-state index < -0.39 is 0 Å². The molecular weight excluding hydrogens is 380 g/mol. The molecule has 2 fully saturated rings. The highest BCUT2D eigenvalue weighted by atomic mass is 16.5. The molecule has 2 aliphatic heterocycles. The summed E-state index contributed by atoms with van der Waals surface area (Å²) in [5.74, 6) is 1.43. The number of aryl methyl sites for hydroxylation is 1. The van der Waals surface area contributed by atoms with Crippen LogP contribution in [0.25, 0.3) is 11.2 Å². The Labute approximate surface area is 175 Å². The van der Waals surface area contributed by atoms with Gasteiger partial charge in [0.1, 0.15) is 11.3 Å². The maximum atomic E-state index is 5.47. The fourth-order valence-corrected chi connectivity index (χ4v) is 4.37. The van der Waals surface area contributed by atoms with E-state index in [1.165, 1.54) is 0 Å². The van der Waals surface area contributed by atoms with Gasteiger partial charge in [-0.05, 0) is 45.0 Å². The van der Waals surface area contributed by atoms with Gasteiger partial charge in [-0.3, -0.25) is 0 Å². The van der Waals surface area contributed by atoms with E-state index >= 15 is 0 Å². The van der Waals surface area contributed by atoms with E-state index in [2.05, 4.69) is 54.3 Å². The van der Waals surface area contributed by atoms with Crippen LogP contribution in [0.1, 0.15) is 42.6 Å². The zero-order chi connectivity index (χ0) is 20.5. The largest absolute Gasteiger partial charge is 0.481 e. The predicted molar refractivity (Wildman–Crippen MR) is 115 cm³/mol. The molecule has 2 saturated heterocycles. The molecule has 0 aromatic carbocycles. The monoisotopic (exact) mass is 408 g/mol. The fourth-order valence-electron chi connectivity index (χ4n) is 4.37. The highest BCUT2D eigenvalue weighted by Crippen LogP contribution is 2.30. The highest BCUT2D eigenvalue weighted by Gasteiger charge is 2.28. The van der Waals surface area contributed by atoms with Crippen LogP contribution in [0.15, 0.2) is 30.6 Å². The first kappa shape index (κ1) is 19.2. The summed E-state index contributed by atoms with van der Waals surface area (Å²) in [5, 5.41) is 6.89. The van der Waals surface area contributed by atoms with Gasteiger partial charge in [0, 0.05) is 29.9 Å². The van der Waals surface area contributed by atoms with Gasteiger partial charge >= 0.3 is 0 Å². The standard InChI is InChI=1S/C21H28N8O/c1-13-3-4-15(21(24-13)30-2)17-11-18(28-27-17)25-19-12-23-16-7-10-29(20(16)26-19)14-5-8-22-9-6-14/h3-4,7,10,12,14,17-18,22,27-28H,5-6,8-9,11H2,1-2H3,(H,25,26). The Bertz CT molecular complexity index is 1030. The van der Waals surface area contributed by atoms with Crippen LogP contribution < -0.4 is 26.2 Å². The topological polar surface area (TPSA) is 101 Å². The van der Waals surface area contributed by atoms with E-state index in [4.69, 9.17) is 9.72 Å². The number of nitrogens with zero attached hydrogens (tertiary/aromatic N) is 4. The Morgan fingerprint density at radius 2 is 2.00 bits per heavy atom. The van der Waals surface area contributed by atoms with E-state index in [1.54, 1.807) is 13.3 Å². The maximum Gasteiger partial charge on any atom is 0.218 e. The molecule has 3 aromatic heterocycles. The Kier molecular flexibility index (Phi) is 5.24. The Hall–Kier alpha value is -2.75. The molecule has 2 atom stereocenters. The van der Waals surface area contributed by atoms with E-state index in [0.29, 0.717) is 11.9 Å². The van der Waals surface area contributed by atoms with Gasteiger partial charge in [0.25, 0.3) is 0 Å². The third kappa shape index (κ3) is 3.71. The molecule has 0 amide bonds. The third-order valence-electron chi connectivity index (χ3n) is 5.94. The number of hydrogen-bond acceptors (Lipinski definition) is 8. The first-order valence-electron chi connectivity index (χ1n) is 10.5. The second-order valence-corrected chi connectivity index (χ2v) is 7.99. The number of piperidine rings is 1. The average Bonchev–Trinajstić information content (AvgIpc) is 3.41. The number of hydrogen-bond donors (Lipinski definition) is 4. The number of fused-ring (bicyclic) bond motifs is 1. The van der Waals surface area contributed by atoms with Crippen molar-refractivity contribution in [2.45, 2.75) is 44.4 Å². The molecule has 0 bridgehead atoms. The Balaban J connectivity index is 1.31. The smallest absolute Gasteiger partial charge is 0.218 e. The van der Waals surface area contributed by atoms with Crippen LogP contribution in [-0.4, -0.2) is 45.9 Å². The van der Waals surface area contributed by atoms with Crippen LogP contribution in [0.2, 0.25) is 0 Å². The summed E-state index contributed by atoms with van der Waals surface area (Å²) >= 11 is 0. The molecule has 30 heavy (non-hydrogen) atoms. The minimum absolute atomic E-state index is 0.0232. The van der Waals surface area contributed by atoms with Gasteiger partial charge in [-0.15, -0.1) is 0 Å². The molecule has 0 radical (unpaired) electrons. The summed E-state index contributed by atoms with van der Waals surface area (Å²) in [6.07, 6.45) is 7.01. The average molecular weight is 409 g/mol. The number of nitrogens with one attached hydrogen (secondary N) is 4. The van der Waals surface area contributed by atoms with Gasteiger partial charge in [0.05, 0.1) is 25.5 Å². The highest BCUT2D eigenvalue weighted by molar-refractivity contribution is 5.73. The number of hydrazine groups is 1. The molecule has 9 heteroatoms. The SMILES string of the molecule is COc1nc(C)ccc1C1CC(Nc2cnc3ccn(C4CCNCC4)c3n2)NN1. The summed E-state index contributed by atoms with van der Waals surface area (Å²) in [6.45, 7) is 4.06. The number of pyridine rings is 1. The van der Waals surface area contributed by atoms with Crippen LogP contribution in [0.5, 0.6) is 5.88 Å². The normalized spacial score (nSPS) is 22.5.